The van der Waals surface area contributed by atoms with Crippen LogP contribution in [0.1, 0.15) is 87.2 Å². The Morgan fingerprint density at radius 1 is 0.560 bits per heavy atom. The Kier molecular flexibility index (Phi) is 6.71. The van der Waals surface area contributed by atoms with Crippen molar-refractivity contribution in [3.63, 3.8) is 0 Å². The fourth-order valence-electron chi connectivity index (χ4n) is 5.07. The standard InChI is InChI=1S/C24H30.H3P/c1-4-11-19(12-5-1)22-17-10-18-23(20-13-6-2-7-14-20)24(22)21-15-8-3-9-16-21;/h1,4-5,10-12,17-18,20-21H,2-3,6-9,13-16H2;1H3. The molecule has 1 atom stereocenters. The van der Waals surface area contributed by atoms with Gasteiger partial charge >= 0.3 is 0 Å². The number of benzene rings is 2. The van der Waals surface area contributed by atoms with Crippen LogP contribution in [0.2, 0.25) is 0 Å². The highest BCUT2D eigenvalue weighted by Gasteiger charge is 2.26. The monoisotopic (exact) mass is 352 g/mol. The summed E-state index contributed by atoms with van der Waals surface area (Å²) in [5.74, 6) is 1.59. The minimum Gasteiger partial charge on any atom is -0.153 e. The zero-order chi connectivity index (χ0) is 16.2. The van der Waals surface area contributed by atoms with Gasteiger partial charge in [-0.3, -0.25) is 0 Å². The summed E-state index contributed by atoms with van der Waals surface area (Å²) in [6.07, 6.45) is 14.1. The molecule has 2 aromatic rings. The van der Waals surface area contributed by atoms with E-state index in [0.29, 0.717) is 0 Å². The smallest absolute Gasteiger partial charge is 0.0146 e. The number of hydrogen-bond donors (Lipinski definition) is 0. The normalized spacial score (nSPS) is 19.4. The number of hydrogen-bond acceptors (Lipinski definition) is 0. The average molecular weight is 353 g/mol. The summed E-state index contributed by atoms with van der Waals surface area (Å²) < 4.78 is 0. The molecular formula is C24H33P. The van der Waals surface area contributed by atoms with Crippen LogP contribution in [-0.4, -0.2) is 0 Å². The van der Waals surface area contributed by atoms with Gasteiger partial charge in [0.05, 0.1) is 0 Å². The highest BCUT2D eigenvalue weighted by Crippen LogP contribution is 2.44. The third-order valence-electron chi connectivity index (χ3n) is 6.28. The van der Waals surface area contributed by atoms with Crippen LogP contribution < -0.4 is 0 Å². The van der Waals surface area contributed by atoms with Crippen LogP contribution >= 0.6 is 9.90 Å². The van der Waals surface area contributed by atoms with E-state index in [1.54, 1.807) is 11.1 Å². The summed E-state index contributed by atoms with van der Waals surface area (Å²) in [5.41, 5.74) is 6.35. The van der Waals surface area contributed by atoms with Crippen molar-refractivity contribution in [2.24, 2.45) is 0 Å². The van der Waals surface area contributed by atoms with Crippen molar-refractivity contribution in [1.29, 1.82) is 0 Å². The van der Waals surface area contributed by atoms with Crippen molar-refractivity contribution in [3.8, 4) is 11.1 Å². The van der Waals surface area contributed by atoms with Crippen LogP contribution in [-0.2, 0) is 0 Å². The Balaban J connectivity index is 0.00000182. The first kappa shape index (κ1) is 18.7. The van der Waals surface area contributed by atoms with E-state index in [2.05, 4.69) is 48.5 Å². The molecule has 0 heterocycles. The summed E-state index contributed by atoms with van der Waals surface area (Å²) in [6.45, 7) is 0. The number of rotatable bonds is 3. The molecule has 0 radical (unpaired) electrons. The van der Waals surface area contributed by atoms with E-state index in [4.69, 9.17) is 0 Å². The minimum absolute atomic E-state index is 0. The molecule has 0 amide bonds. The minimum atomic E-state index is 0. The van der Waals surface area contributed by atoms with Gasteiger partial charge in [-0.05, 0) is 59.8 Å². The van der Waals surface area contributed by atoms with Crippen LogP contribution in [0.25, 0.3) is 11.1 Å². The van der Waals surface area contributed by atoms with E-state index in [-0.39, 0.29) is 9.90 Å². The van der Waals surface area contributed by atoms with Gasteiger partial charge in [0.15, 0.2) is 0 Å². The highest BCUT2D eigenvalue weighted by molar-refractivity contribution is 6.92. The average Bonchev–Trinajstić information content (AvgIpc) is 2.69. The predicted molar refractivity (Wildman–Crippen MR) is 115 cm³/mol. The summed E-state index contributed by atoms with van der Waals surface area (Å²) in [4.78, 5) is 0. The summed E-state index contributed by atoms with van der Waals surface area (Å²) in [6, 6.07) is 18.3. The van der Waals surface area contributed by atoms with E-state index in [9.17, 15) is 0 Å². The van der Waals surface area contributed by atoms with Crippen LogP contribution in [0, 0.1) is 0 Å². The van der Waals surface area contributed by atoms with E-state index in [1.807, 2.05) is 0 Å². The van der Waals surface area contributed by atoms with E-state index in [0.717, 1.165) is 11.8 Å². The molecule has 0 bridgehead atoms. The molecule has 1 unspecified atom stereocenters. The van der Waals surface area contributed by atoms with Crippen LogP contribution in [0.5, 0.6) is 0 Å². The van der Waals surface area contributed by atoms with Crippen molar-refractivity contribution >= 4 is 9.90 Å². The maximum atomic E-state index is 2.46. The molecule has 0 nitrogen and oxygen atoms in total. The lowest BCUT2D eigenvalue weighted by Crippen LogP contribution is -2.13. The highest BCUT2D eigenvalue weighted by atomic mass is 31.0. The SMILES string of the molecule is P.c1ccc(-c2cccc(C3CCCCC3)c2C2CCCCC2)cc1. The molecule has 2 aliphatic rings. The zero-order valence-electron chi connectivity index (χ0n) is 15.6. The molecule has 2 fully saturated rings. The van der Waals surface area contributed by atoms with Crippen molar-refractivity contribution in [3.05, 3.63) is 59.7 Å². The van der Waals surface area contributed by atoms with Crippen LogP contribution in [0.3, 0.4) is 0 Å². The molecule has 2 saturated carbocycles. The molecule has 0 N–H and O–H groups in total. The molecule has 0 aromatic heterocycles. The topological polar surface area (TPSA) is 0 Å². The molecule has 2 aromatic carbocycles. The molecular weight excluding hydrogens is 319 g/mol. The molecule has 2 aliphatic carbocycles. The lowest BCUT2D eigenvalue weighted by Gasteiger charge is -2.31. The zero-order valence-corrected chi connectivity index (χ0v) is 17.0. The Hall–Kier alpha value is -1.13. The van der Waals surface area contributed by atoms with Gasteiger partial charge in [0.1, 0.15) is 0 Å². The third kappa shape index (κ3) is 4.17. The summed E-state index contributed by atoms with van der Waals surface area (Å²) >= 11 is 0. The maximum absolute atomic E-state index is 2.46. The van der Waals surface area contributed by atoms with Crippen molar-refractivity contribution in [2.75, 3.05) is 0 Å². The Labute approximate surface area is 157 Å². The van der Waals surface area contributed by atoms with E-state index >= 15 is 0 Å². The van der Waals surface area contributed by atoms with Gasteiger partial charge in [-0.25, -0.2) is 0 Å². The van der Waals surface area contributed by atoms with Crippen molar-refractivity contribution < 1.29 is 0 Å². The lowest BCUT2D eigenvalue weighted by molar-refractivity contribution is 0.419. The fraction of sp³-hybridized carbons (Fsp3) is 0.500. The van der Waals surface area contributed by atoms with Gasteiger partial charge in [-0.15, -0.1) is 0 Å². The molecule has 1 heteroatoms. The molecule has 134 valence electrons. The molecule has 0 saturated heterocycles. The second-order valence-electron chi connectivity index (χ2n) is 7.84. The van der Waals surface area contributed by atoms with Gasteiger partial charge in [-0.1, -0.05) is 87.1 Å². The van der Waals surface area contributed by atoms with Crippen LogP contribution in [0.4, 0.5) is 0 Å². The van der Waals surface area contributed by atoms with Gasteiger partial charge in [-0.2, -0.15) is 9.90 Å². The second-order valence-corrected chi connectivity index (χ2v) is 7.84. The first-order chi connectivity index (χ1) is 11.9. The first-order valence-electron chi connectivity index (χ1n) is 10.1. The van der Waals surface area contributed by atoms with Crippen LogP contribution in [0.15, 0.2) is 48.5 Å². The quantitative estimate of drug-likeness (QED) is 0.501. The summed E-state index contributed by atoms with van der Waals surface area (Å²) in [7, 11) is 0. The largest absolute Gasteiger partial charge is 0.153 e. The van der Waals surface area contributed by atoms with Gasteiger partial charge in [0.25, 0.3) is 0 Å². The molecule has 4 rings (SSSR count). The molecule has 0 spiro atoms. The molecule has 25 heavy (non-hydrogen) atoms. The Morgan fingerprint density at radius 3 is 1.80 bits per heavy atom. The van der Waals surface area contributed by atoms with Gasteiger partial charge in [0.2, 0.25) is 0 Å². The van der Waals surface area contributed by atoms with E-state index < -0.39 is 0 Å². The Morgan fingerprint density at radius 2 is 1.16 bits per heavy atom. The maximum Gasteiger partial charge on any atom is -0.0146 e. The third-order valence-corrected chi connectivity index (χ3v) is 6.28. The van der Waals surface area contributed by atoms with Gasteiger partial charge in [0, 0.05) is 0 Å². The predicted octanol–water partition coefficient (Wildman–Crippen LogP) is 7.51. The van der Waals surface area contributed by atoms with Crippen molar-refractivity contribution in [2.45, 2.75) is 76.0 Å². The van der Waals surface area contributed by atoms with Gasteiger partial charge < -0.3 is 0 Å². The molecule has 0 aliphatic heterocycles. The Bertz CT molecular complexity index is 649. The lowest BCUT2D eigenvalue weighted by atomic mass is 9.73. The van der Waals surface area contributed by atoms with E-state index in [1.165, 1.54) is 75.3 Å². The second kappa shape index (κ2) is 9.00. The fourth-order valence-corrected chi connectivity index (χ4v) is 5.07. The summed E-state index contributed by atoms with van der Waals surface area (Å²) in [5, 5.41) is 0. The first-order valence-corrected chi connectivity index (χ1v) is 10.1. The van der Waals surface area contributed by atoms with Crippen molar-refractivity contribution in [1.82, 2.24) is 0 Å².